The van der Waals surface area contributed by atoms with Crippen molar-refractivity contribution in [1.82, 2.24) is 0 Å². The van der Waals surface area contributed by atoms with Crippen molar-refractivity contribution in [2.75, 3.05) is 13.7 Å². The fourth-order valence-corrected chi connectivity index (χ4v) is 2.16. The molecule has 0 saturated heterocycles. The predicted molar refractivity (Wildman–Crippen MR) is 81.3 cm³/mol. The highest BCUT2D eigenvalue weighted by Crippen LogP contribution is 2.32. The minimum absolute atomic E-state index is 0.532. The van der Waals surface area contributed by atoms with E-state index in [2.05, 4.69) is 19.1 Å². The minimum atomic E-state index is 0.532. The van der Waals surface area contributed by atoms with E-state index in [1.54, 1.807) is 7.11 Å². The summed E-state index contributed by atoms with van der Waals surface area (Å²) in [4.78, 5) is 0. The van der Waals surface area contributed by atoms with Crippen LogP contribution < -0.4 is 15.2 Å². The molecule has 3 nitrogen and oxygen atoms in total. The number of hydrogen-bond acceptors (Lipinski definition) is 3. The summed E-state index contributed by atoms with van der Waals surface area (Å²) in [5.41, 5.74) is 9.14. The highest BCUT2D eigenvalue weighted by Gasteiger charge is 2.10. The van der Waals surface area contributed by atoms with Gasteiger partial charge in [0.15, 0.2) is 11.5 Å². The number of ether oxygens (including phenoxy) is 2. The molecule has 2 rings (SSSR count). The maximum Gasteiger partial charge on any atom is 0.164 e. The lowest BCUT2D eigenvalue weighted by molar-refractivity contribution is 0.281. The van der Waals surface area contributed by atoms with Crippen LogP contribution in [0.15, 0.2) is 42.5 Å². The molecule has 0 atom stereocenters. The van der Waals surface area contributed by atoms with E-state index in [0.29, 0.717) is 13.2 Å². The molecule has 0 amide bonds. The Labute approximate surface area is 120 Å². The number of aryl methyl sites for hydroxylation is 1. The van der Waals surface area contributed by atoms with Crippen molar-refractivity contribution in [3.63, 3.8) is 0 Å². The molecule has 0 spiro atoms. The van der Waals surface area contributed by atoms with Crippen molar-refractivity contribution in [1.29, 1.82) is 0 Å². The van der Waals surface area contributed by atoms with E-state index in [1.807, 2.05) is 30.3 Å². The van der Waals surface area contributed by atoms with Gasteiger partial charge >= 0.3 is 0 Å². The molecule has 0 fully saturated rings. The van der Waals surface area contributed by atoms with Crippen LogP contribution in [0.4, 0.5) is 0 Å². The van der Waals surface area contributed by atoms with E-state index in [9.17, 15) is 0 Å². The van der Waals surface area contributed by atoms with E-state index in [-0.39, 0.29) is 0 Å². The number of nitrogens with two attached hydrogens (primary N) is 1. The van der Waals surface area contributed by atoms with Crippen LogP contribution in [-0.4, -0.2) is 13.7 Å². The zero-order chi connectivity index (χ0) is 14.4. The van der Waals surface area contributed by atoms with E-state index in [0.717, 1.165) is 23.5 Å². The second kappa shape index (κ2) is 6.96. The zero-order valence-corrected chi connectivity index (χ0v) is 12.1. The van der Waals surface area contributed by atoms with Gasteiger partial charge in [0.2, 0.25) is 0 Å². The highest BCUT2D eigenvalue weighted by atomic mass is 16.5. The summed E-state index contributed by atoms with van der Waals surface area (Å²) in [5.74, 6) is 1.55. The fraction of sp³-hybridized carbons (Fsp3) is 0.294. The third kappa shape index (κ3) is 3.31. The van der Waals surface area contributed by atoms with E-state index < -0.39 is 0 Å². The summed E-state index contributed by atoms with van der Waals surface area (Å²) in [5, 5.41) is 0. The minimum Gasteiger partial charge on any atom is -0.493 e. The Hall–Kier alpha value is -2.00. The Morgan fingerprint density at radius 2 is 1.75 bits per heavy atom. The lowest BCUT2D eigenvalue weighted by atomic mass is 10.1. The van der Waals surface area contributed by atoms with Gasteiger partial charge in [0.25, 0.3) is 0 Å². The molecule has 2 aromatic rings. The Morgan fingerprint density at radius 1 is 1.00 bits per heavy atom. The molecular formula is C17H21NO2. The quantitative estimate of drug-likeness (QED) is 0.878. The summed E-state index contributed by atoms with van der Waals surface area (Å²) >= 11 is 0. The Balaban J connectivity index is 2.21. The van der Waals surface area contributed by atoms with Crippen molar-refractivity contribution < 1.29 is 9.47 Å². The maximum atomic E-state index is 6.00. The van der Waals surface area contributed by atoms with Crippen LogP contribution >= 0.6 is 0 Å². The van der Waals surface area contributed by atoms with Crippen molar-refractivity contribution in [2.24, 2.45) is 5.73 Å². The Bertz CT molecular complexity index is 567. The van der Waals surface area contributed by atoms with Gasteiger partial charge in [0.1, 0.15) is 6.61 Å². The number of methoxy groups -OCH3 is 1. The van der Waals surface area contributed by atoms with Gasteiger partial charge < -0.3 is 15.2 Å². The zero-order valence-electron chi connectivity index (χ0n) is 12.1. The van der Waals surface area contributed by atoms with Crippen molar-refractivity contribution >= 4 is 0 Å². The van der Waals surface area contributed by atoms with E-state index in [1.165, 1.54) is 11.1 Å². The second-order valence-electron chi connectivity index (χ2n) is 4.70. The first-order valence-electron chi connectivity index (χ1n) is 6.79. The molecule has 0 aromatic heterocycles. The van der Waals surface area contributed by atoms with Gasteiger partial charge in [-0.25, -0.2) is 0 Å². The molecule has 0 saturated carbocycles. The van der Waals surface area contributed by atoms with Crippen molar-refractivity contribution in [3.05, 3.63) is 59.2 Å². The summed E-state index contributed by atoms with van der Waals surface area (Å²) in [6.45, 7) is 3.21. The van der Waals surface area contributed by atoms with E-state index >= 15 is 0 Å². The van der Waals surface area contributed by atoms with Gasteiger partial charge in [-0.15, -0.1) is 0 Å². The molecule has 0 bridgehead atoms. The van der Waals surface area contributed by atoms with Gasteiger partial charge in [-0.2, -0.15) is 0 Å². The van der Waals surface area contributed by atoms with Crippen LogP contribution in [0.3, 0.4) is 0 Å². The van der Waals surface area contributed by atoms with Crippen LogP contribution in [0.2, 0.25) is 0 Å². The summed E-state index contributed by atoms with van der Waals surface area (Å²) in [6.07, 6.45) is 0.778. The first-order chi connectivity index (χ1) is 9.76. The second-order valence-corrected chi connectivity index (χ2v) is 4.70. The van der Waals surface area contributed by atoms with Gasteiger partial charge in [-0.05, 0) is 42.6 Å². The average molecular weight is 271 g/mol. The lowest BCUT2D eigenvalue weighted by Gasteiger charge is -2.15. The third-order valence-corrected chi connectivity index (χ3v) is 3.33. The standard InChI is InChI=1S/C17H21NO2/c1-13-6-3-4-7-15(13)12-20-17-14(10-11-18)8-5-9-16(17)19-2/h3-9H,10-12,18H2,1-2H3. The van der Waals surface area contributed by atoms with Crippen LogP contribution in [0.1, 0.15) is 16.7 Å². The molecule has 2 N–H and O–H groups in total. The molecule has 2 aromatic carbocycles. The van der Waals surface area contributed by atoms with Crippen molar-refractivity contribution in [2.45, 2.75) is 20.0 Å². The number of para-hydroxylation sites is 1. The topological polar surface area (TPSA) is 44.5 Å². The number of hydrogen-bond donors (Lipinski definition) is 1. The molecule has 0 aliphatic carbocycles. The molecule has 0 aliphatic rings. The lowest BCUT2D eigenvalue weighted by Crippen LogP contribution is -2.07. The van der Waals surface area contributed by atoms with Gasteiger partial charge in [0, 0.05) is 0 Å². The first-order valence-corrected chi connectivity index (χ1v) is 6.79. The molecule has 0 unspecified atom stereocenters. The Kier molecular flexibility index (Phi) is 5.02. The van der Waals surface area contributed by atoms with Crippen LogP contribution in [0.5, 0.6) is 11.5 Å². The number of rotatable bonds is 6. The van der Waals surface area contributed by atoms with Crippen LogP contribution in [-0.2, 0) is 13.0 Å². The predicted octanol–water partition coefficient (Wildman–Crippen LogP) is 3.08. The summed E-state index contributed by atoms with van der Waals surface area (Å²) in [7, 11) is 1.65. The first kappa shape index (κ1) is 14.4. The van der Waals surface area contributed by atoms with Gasteiger partial charge in [-0.3, -0.25) is 0 Å². The normalized spacial score (nSPS) is 10.3. The molecule has 0 heterocycles. The average Bonchev–Trinajstić information content (AvgIpc) is 2.47. The maximum absolute atomic E-state index is 6.00. The SMILES string of the molecule is COc1cccc(CCN)c1OCc1ccccc1C. The monoisotopic (exact) mass is 271 g/mol. The fourth-order valence-electron chi connectivity index (χ4n) is 2.16. The molecule has 0 aliphatic heterocycles. The van der Waals surface area contributed by atoms with Crippen LogP contribution in [0.25, 0.3) is 0 Å². The highest BCUT2D eigenvalue weighted by molar-refractivity contribution is 5.47. The van der Waals surface area contributed by atoms with Crippen LogP contribution in [0, 0.1) is 6.92 Å². The largest absolute Gasteiger partial charge is 0.493 e. The number of benzene rings is 2. The van der Waals surface area contributed by atoms with E-state index in [4.69, 9.17) is 15.2 Å². The van der Waals surface area contributed by atoms with Gasteiger partial charge in [-0.1, -0.05) is 36.4 Å². The molecule has 3 heteroatoms. The summed E-state index contributed by atoms with van der Waals surface area (Å²) < 4.78 is 11.4. The smallest absolute Gasteiger partial charge is 0.164 e. The molecule has 20 heavy (non-hydrogen) atoms. The Morgan fingerprint density at radius 3 is 2.45 bits per heavy atom. The molecule has 0 radical (unpaired) electrons. The van der Waals surface area contributed by atoms with Gasteiger partial charge in [0.05, 0.1) is 7.11 Å². The third-order valence-electron chi connectivity index (χ3n) is 3.33. The molecule has 106 valence electrons. The van der Waals surface area contributed by atoms with Crippen molar-refractivity contribution in [3.8, 4) is 11.5 Å². The summed E-state index contributed by atoms with van der Waals surface area (Å²) in [6, 6.07) is 14.1. The molecular weight excluding hydrogens is 250 g/mol.